The Morgan fingerprint density at radius 3 is 1.55 bits per heavy atom. The number of thiophene rings is 2. The smallest absolute Gasteiger partial charge is 0.240 e. The zero-order chi connectivity index (χ0) is 21.2. The minimum absolute atomic E-state index is 0.147. The molecule has 156 valence electrons. The Balaban J connectivity index is 1.59. The third-order valence-electron chi connectivity index (χ3n) is 3.86. The SMILES string of the molecule is CC(=NNC(=O)CCCCCC(=O)NN=C(C)c1ccc(Cl)s1)c1ccc(Cl)s1. The van der Waals surface area contributed by atoms with Crippen molar-refractivity contribution in [3.05, 3.63) is 42.7 Å². The van der Waals surface area contributed by atoms with E-state index >= 15 is 0 Å². The second-order valence-electron chi connectivity index (χ2n) is 6.23. The van der Waals surface area contributed by atoms with Crippen LogP contribution in [0.3, 0.4) is 0 Å². The molecule has 29 heavy (non-hydrogen) atoms. The number of nitrogens with one attached hydrogen (secondary N) is 2. The van der Waals surface area contributed by atoms with Crippen LogP contribution in [0, 0.1) is 0 Å². The van der Waals surface area contributed by atoms with E-state index in [1.54, 1.807) is 12.1 Å². The quantitative estimate of drug-likeness (QED) is 0.273. The molecule has 0 aliphatic rings. The molecule has 0 unspecified atom stereocenters. The number of hydrogen-bond acceptors (Lipinski definition) is 6. The zero-order valence-electron chi connectivity index (χ0n) is 16.1. The minimum Gasteiger partial charge on any atom is -0.273 e. The normalized spacial score (nSPS) is 12.1. The Labute approximate surface area is 188 Å². The van der Waals surface area contributed by atoms with Crippen molar-refractivity contribution < 1.29 is 9.59 Å². The fraction of sp³-hybridized carbons (Fsp3) is 0.368. The predicted molar refractivity (Wildman–Crippen MR) is 122 cm³/mol. The first-order chi connectivity index (χ1) is 13.8. The van der Waals surface area contributed by atoms with E-state index < -0.39 is 0 Å². The first-order valence-electron chi connectivity index (χ1n) is 9.03. The number of hydrogen-bond donors (Lipinski definition) is 2. The van der Waals surface area contributed by atoms with Crippen molar-refractivity contribution >= 4 is 69.1 Å². The molecule has 0 aliphatic carbocycles. The molecule has 10 heteroatoms. The van der Waals surface area contributed by atoms with Crippen LogP contribution in [0.15, 0.2) is 34.5 Å². The molecule has 2 rings (SSSR count). The third kappa shape index (κ3) is 8.65. The van der Waals surface area contributed by atoms with Gasteiger partial charge in [-0.1, -0.05) is 29.6 Å². The van der Waals surface area contributed by atoms with Crippen LogP contribution in [0.5, 0.6) is 0 Å². The summed E-state index contributed by atoms with van der Waals surface area (Å²) in [6, 6.07) is 7.32. The molecule has 0 aromatic carbocycles. The van der Waals surface area contributed by atoms with E-state index in [0.29, 0.717) is 45.8 Å². The van der Waals surface area contributed by atoms with E-state index in [1.165, 1.54) is 22.7 Å². The molecule has 2 aromatic rings. The summed E-state index contributed by atoms with van der Waals surface area (Å²) >= 11 is 14.6. The number of halogens is 2. The largest absolute Gasteiger partial charge is 0.273 e. The van der Waals surface area contributed by atoms with E-state index in [1.807, 2.05) is 26.0 Å². The summed E-state index contributed by atoms with van der Waals surface area (Å²) in [5.74, 6) is -0.294. The molecule has 2 N–H and O–H groups in total. The first-order valence-corrected chi connectivity index (χ1v) is 11.4. The van der Waals surface area contributed by atoms with Gasteiger partial charge in [-0.3, -0.25) is 9.59 Å². The summed E-state index contributed by atoms with van der Waals surface area (Å²) < 4.78 is 1.36. The number of carbonyl (C=O) groups is 2. The van der Waals surface area contributed by atoms with Gasteiger partial charge in [0.1, 0.15) is 0 Å². The number of amides is 2. The van der Waals surface area contributed by atoms with Crippen LogP contribution in [0.4, 0.5) is 0 Å². The Kier molecular flexibility index (Phi) is 9.80. The molecule has 0 aliphatic heterocycles. The van der Waals surface area contributed by atoms with Crippen molar-refractivity contribution in [1.29, 1.82) is 0 Å². The lowest BCUT2D eigenvalue weighted by Crippen LogP contribution is -2.19. The average molecular weight is 473 g/mol. The maximum absolute atomic E-state index is 11.8. The highest BCUT2D eigenvalue weighted by molar-refractivity contribution is 7.18. The lowest BCUT2D eigenvalue weighted by molar-refractivity contribution is -0.121. The van der Waals surface area contributed by atoms with Crippen molar-refractivity contribution in [2.24, 2.45) is 10.2 Å². The first kappa shape index (κ1) is 23.5. The maximum atomic E-state index is 11.8. The van der Waals surface area contributed by atoms with Crippen LogP contribution < -0.4 is 10.9 Å². The van der Waals surface area contributed by atoms with Crippen molar-refractivity contribution in [2.75, 3.05) is 0 Å². The molecule has 2 amide bonds. The van der Waals surface area contributed by atoms with Crippen LogP contribution >= 0.6 is 45.9 Å². The highest BCUT2D eigenvalue weighted by Gasteiger charge is 2.06. The lowest BCUT2D eigenvalue weighted by Gasteiger charge is -2.03. The summed E-state index contributed by atoms with van der Waals surface area (Å²) in [5.41, 5.74) is 6.52. The van der Waals surface area contributed by atoms with Gasteiger partial charge in [-0.15, -0.1) is 22.7 Å². The van der Waals surface area contributed by atoms with Gasteiger partial charge in [0.2, 0.25) is 11.8 Å². The molecule has 0 spiro atoms. The monoisotopic (exact) mass is 472 g/mol. The predicted octanol–water partition coefficient (Wildman–Crippen LogP) is 5.45. The van der Waals surface area contributed by atoms with Crippen LogP contribution in [0.1, 0.15) is 55.7 Å². The number of rotatable bonds is 10. The Bertz CT molecular complexity index is 833. The molecular weight excluding hydrogens is 451 g/mol. The van der Waals surface area contributed by atoms with Gasteiger partial charge in [0, 0.05) is 12.8 Å². The molecule has 0 bridgehead atoms. The van der Waals surface area contributed by atoms with E-state index in [9.17, 15) is 9.59 Å². The highest BCUT2D eigenvalue weighted by Crippen LogP contribution is 2.22. The molecule has 0 fully saturated rings. The summed E-state index contributed by atoms with van der Waals surface area (Å²) in [4.78, 5) is 25.5. The van der Waals surface area contributed by atoms with Crippen molar-refractivity contribution in [2.45, 2.75) is 46.0 Å². The van der Waals surface area contributed by atoms with Gasteiger partial charge in [-0.25, -0.2) is 10.9 Å². The van der Waals surface area contributed by atoms with Crippen LogP contribution in [-0.4, -0.2) is 23.2 Å². The van der Waals surface area contributed by atoms with Crippen molar-refractivity contribution in [3.63, 3.8) is 0 Å². The van der Waals surface area contributed by atoms with E-state index in [2.05, 4.69) is 21.1 Å². The summed E-state index contributed by atoms with van der Waals surface area (Å²) in [7, 11) is 0. The fourth-order valence-corrected chi connectivity index (χ4v) is 4.26. The molecule has 6 nitrogen and oxygen atoms in total. The minimum atomic E-state index is -0.147. The van der Waals surface area contributed by atoms with Gasteiger partial charge in [0.25, 0.3) is 0 Å². The molecule has 0 atom stereocenters. The Hall–Kier alpha value is -1.74. The average Bonchev–Trinajstić information content (AvgIpc) is 3.32. The number of nitrogens with zero attached hydrogens (tertiary/aromatic N) is 2. The van der Waals surface area contributed by atoms with Gasteiger partial charge in [0.05, 0.1) is 29.9 Å². The zero-order valence-corrected chi connectivity index (χ0v) is 19.3. The van der Waals surface area contributed by atoms with Gasteiger partial charge < -0.3 is 0 Å². The van der Waals surface area contributed by atoms with Crippen molar-refractivity contribution in [1.82, 2.24) is 10.9 Å². The number of hydrazone groups is 2. The maximum Gasteiger partial charge on any atom is 0.240 e. The van der Waals surface area contributed by atoms with E-state index in [0.717, 1.165) is 16.2 Å². The van der Waals surface area contributed by atoms with E-state index in [4.69, 9.17) is 23.2 Å². The summed E-state index contributed by atoms with van der Waals surface area (Å²) in [5, 5.41) is 8.17. The lowest BCUT2D eigenvalue weighted by atomic mass is 10.1. The second kappa shape index (κ2) is 12.1. The third-order valence-corrected chi connectivity index (χ3v) is 6.54. The summed E-state index contributed by atoms with van der Waals surface area (Å²) in [6.45, 7) is 3.64. The van der Waals surface area contributed by atoms with Gasteiger partial charge in [0.15, 0.2) is 0 Å². The molecule has 0 saturated carbocycles. The topological polar surface area (TPSA) is 82.9 Å². The van der Waals surface area contributed by atoms with Crippen LogP contribution in [0.25, 0.3) is 0 Å². The summed E-state index contributed by atoms with van der Waals surface area (Å²) in [6.07, 6.45) is 2.87. The highest BCUT2D eigenvalue weighted by atomic mass is 35.5. The second-order valence-corrected chi connectivity index (χ2v) is 9.66. The molecule has 2 heterocycles. The molecule has 2 aromatic heterocycles. The number of unbranched alkanes of at least 4 members (excludes halogenated alkanes) is 2. The van der Waals surface area contributed by atoms with Crippen LogP contribution in [-0.2, 0) is 9.59 Å². The number of carbonyl (C=O) groups excluding carboxylic acids is 2. The molecule has 0 saturated heterocycles. The van der Waals surface area contributed by atoms with Gasteiger partial charge >= 0.3 is 0 Å². The van der Waals surface area contributed by atoms with Crippen LogP contribution in [0.2, 0.25) is 8.67 Å². The van der Waals surface area contributed by atoms with E-state index in [-0.39, 0.29) is 11.8 Å². The fourth-order valence-electron chi connectivity index (χ4n) is 2.28. The van der Waals surface area contributed by atoms with Gasteiger partial charge in [-0.2, -0.15) is 10.2 Å². The Morgan fingerprint density at radius 1 is 0.793 bits per heavy atom. The van der Waals surface area contributed by atoms with Crippen molar-refractivity contribution in [3.8, 4) is 0 Å². The standard InChI is InChI=1S/C19H22Cl2N4O2S2/c1-12(14-8-10-16(20)28-14)22-24-18(26)6-4-3-5-7-19(27)25-23-13(2)15-9-11-17(21)29-15/h8-11H,3-7H2,1-2H3,(H,24,26)(H,25,27). The molecular formula is C19H22Cl2N4O2S2. The van der Waals surface area contributed by atoms with Gasteiger partial charge in [-0.05, 0) is 51.0 Å². The molecule has 0 radical (unpaired) electrons. The Morgan fingerprint density at radius 2 is 1.21 bits per heavy atom.